The Morgan fingerprint density at radius 1 is 1.50 bits per heavy atom. The lowest BCUT2D eigenvalue weighted by Crippen LogP contribution is -2.20. The van der Waals surface area contributed by atoms with E-state index in [2.05, 4.69) is 5.16 Å². The average Bonchev–Trinajstić information content (AvgIpc) is 2.79. The Labute approximate surface area is 95.0 Å². The number of methoxy groups -OCH3 is 1. The molecule has 0 saturated heterocycles. The third-order valence-corrected chi connectivity index (χ3v) is 2.62. The number of nitrogens with zero attached hydrogens (tertiary/aromatic N) is 1. The highest BCUT2D eigenvalue weighted by Gasteiger charge is 2.22. The van der Waals surface area contributed by atoms with Gasteiger partial charge in [-0.15, -0.1) is 0 Å². The third kappa shape index (κ3) is 2.23. The van der Waals surface area contributed by atoms with Gasteiger partial charge < -0.3 is 15.3 Å². The van der Waals surface area contributed by atoms with Crippen molar-refractivity contribution in [2.75, 3.05) is 13.7 Å². The molecule has 86 valence electrons. The average molecular weight is 220 g/mol. The summed E-state index contributed by atoms with van der Waals surface area (Å²) in [5.74, 6) is 0. The molecule has 1 aromatic carbocycles. The van der Waals surface area contributed by atoms with E-state index in [1.807, 2.05) is 24.3 Å². The predicted molar refractivity (Wildman–Crippen MR) is 62.2 cm³/mol. The fourth-order valence-electron chi connectivity index (χ4n) is 1.80. The number of hydrogen-bond acceptors (Lipinski definition) is 4. The molecule has 1 heterocycles. The van der Waals surface area contributed by atoms with E-state index in [0.717, 1.165) is 23.3 Å². The summed E-state index contributed by atoms with van der Waals surface area (Å²) in [6, 6.07) is 8.06. The summed E-state index contributed by atoms with van der Waals surface area (Å²) in [7, 11) is 1.69. The molecule has 0 aliphatic carbocycles. The van der Waals surface area contributed by atoms with Crippen LogP contribution in [0.2, 0.25) is 0 Å². The van der Waals surface area contributed by atoms with Crippen molar-refractivity contribution in [3.63, 3.8) is 0 Å². The van der Waals surface area contributed by atoms with Crippen molar-refractivity contribution < 1.29 is 9.57 Å². The summed E-state index contributed by atoms with van der Waals surface area (Å²) in [6.07, 6.45) is 0.794. The molecule has 16 heavy (non-hydrogen) atoms. The molecule has 0 bridgehead atoms. The van der Waals surface area contributed by atoms with E-state index in [1.165, 1.54) is 0 Å². The molecule has 1 aliphatic heterocycles. The van der Waals surface area contributed by atoms with Gasteiger partial charge in [-0.1, -0.05) is 29.4 Å². The number of hydrogen-bond donors (Lipinski definition) is 1. The number of oxime groups is 1. The number of rotatable bonds is 4. The first-order chi connectivity index (χ1) is 7.85. The normalized spacial score (nSPS) is 19.4. The second-order valence-electron chi connectivity index (χ2n) is 3.80. The fourth-order valence-corrected chi connectivity index (χ4v) is 1.80. The van der Waals surface area contributed by atoms with Gasteiger partial charge in [0.05, 0.1) is 12.3 Å². The molecule has 1 aliphatic rings. The SMILES string of the molecule is COCc1ccccc1C1=NOC(CN)C1. The summed E-state index contributed by atoms with van der Waals surface area (Å²) in [5.41, 5.74) is 8.74. The van der Waals surface area contributed by atoms with Crippen LogP contribution in [-0.2, 0) is 16.2 Å². The molecule has 1 atom stereocenters. The van der Waals surface area contributed by atoms with Gasteiger partial charge in [0.2, 0.25) is 0 Å². The molecular formula is C12H16N2O2. The van der Waals surface area contributed by atoms with Crippen molar-refractivity contribution in [1.29, 1.82) is 0 Å². The summed E-state index contributed by atoms with van der Waals surface area (Å²) in [4.78, 5) is 5.22. The minimum Gasteiger partial charge on any atom is -0.390 e. The van der Waals surface area contributed by atoms with Gasteiger partial charge >= 0.3 is 0 Å². The Hall–Kier alpha value is -1.39. The molecule has 0 fully saturated rings. The van der Waals surface area contributed by atoms with Crippen LogP contribution in [0.3, 0.4) is 0 Å². The number of benzene rings is 1. The van der Waals surface area contributed by atoms with E-state index >= 15 is 0 Å². The van der Waals surface area contributed by atoms with Gasteiger partial charge in [-0.05, 0) is 5.56 Å². The largest absolute Gasteiger partial charge is 0.390 e. The van der Waals surface area contributed by atoms with Crippen molar-refractivity contribution >= 4 is 5.71 Å². The standard InChI is InChI=1S/C12H16N2O2/c1-15-8-9-4-2-3-5-11(9)12-6-10(7-13)16-14-12/h2-5,10H,6-8,13H2,1H3. The molecule has 0 spiro atoms. The van der Waals surface area contributed by atoms with Gasteiger partial charge in [-0.25, -0.2) is 0 Å². The molecule has 1 aromatic rings. The maximum absolute atomic E-state index is 5.55. The molecular weight excluding hydrogens is 204 g/mol. The third-order valence-electron chi connectivity index (χ3n) is 2.62. The van der Waals surface area contributed by atoms with E-state index < -0.39 is 0 Å². The first kappa shape index (κ1) is 11.1. The minimum atomic E-state index is 0.0191. The lowest BCUT2D eigenvalue weighted by Gasteiger charge is -2.07. The van der Waals surface area contributed by atoms with Crippen LogP contribution in [0.1, 0.15) is 17.5 Å². The lowest BCUT2D eigenvalue weighted by atomic mass is 10.00. The summed E-state index contributed by atoms with van der Waals surface area (Å²) in [5, 5.41) is 4.08. The Balaban J connectivity index is 2.20. The first-order valence-corrected chi connectivity index (χ1v) is 5.35. The fraction of sp³-hybridized carbons (Fsp3) is 0.417. The Morgan fingerprint density at radius 3 is 3.00 bits per heavy atom. The maximum atomic E-state index is 5.55. The molecule has 1 unspecified atom stereocenters. The molecule has 4 nitrogen and oxygen atoms in total. The Bertz CT molecular complexity index is 390. The highest BCUT2D eigenvalue weighted by atomic mass is 16.6. The van der Waals surface area contributed by atoms with Crippen molar-refractivity contribution in [2.45, 2.75) is 19.1 Å². The van der Waals surface area contributed by atoms with Crippen LogP contribution in [0.25, 0.3) is 0 Å². The van der Waals surface area contributed by atoms with E-state index in [4.69, 9.17) is 15.3 Å². The van der Waals surface area contributed by atoms with Gasteiger partial charge in [-0.2, -0.15) is 0 Å². The molecule has 2 rings (SSSR count). The molecule has 0 aromatic heterocycles. The zero-order valence-corrected chi connectivity index (χ0v) is 9.35. The van der Waals surface area contributed by atoms with E-state index in [1.54, 1.807) is 7.11 Å². The monoisotopic (exact) mass is 220 g/mol. The Morgan fingerprint density at radius 2 is 2.31 bits per heavy atom. The molecule has 4 heteroatoms. The van der Waals surface area contributed by atoms with Crippen LogP contribution < -0.4 is 5.73 Å². The highest BCUT2D eigenvalue weighted by Crippen LogP contribution is 2.19. The molecule has 0 radical (unpaired) electrons. The van der Waals surface area contributed by atoms with Crippen LogP contribution in [0.4, 0.5) is 0 Å². The molecule has 2 N–H and O–H groups in total. The second-order valence-corrected chi connectivity index (χ2v) is 3.80. The van der Waals surface area contributed by atoms with Crippen molar-refractivity contribution in [1.82, 2.24) is 0 Å². The number of nitrogens with two attached hydrogens (primary N) is 1. The topological polar surface area (TPSA) is 56.8 Å². The second kappa shape index (κ2) is 5.09. The van der Waals surface area contributed by atoms with Crippen LogP contribution in [0.5, 0.6) is 0 Å². The van der Waals surface area contributed by atoms with Crippen LogP contribution in [0.15, 0.2) is 29.4 Å². The zero-order chi connectivity index (χ0) is 11.4. The quantitative estimate of drug-likeness (QED) is 0.831. The molecule has 0 saturated carbocycles. The summed E-state index contributed by atoms with van der Waals surface area (Å²) >= 11 is 0. The smallest absolute Gasteiger partial charge is 0.145 e. The van der Waals surface area contributed by atoms with Gasteiger partial charge in [0.1, 0.15) is 6.10 Å². The first-order valence-electron chi connectivity index (χ1n) is 5.35. The van der Waals surface area contributed by atoms with E-state index in [9.17, 15) is 0 Å². The van der Waals surface area contributed by atoms with Crippen LogP contribution in [-0.4, -0.2) is 25.5 Å². The van der Waals surface area contributed by atoms with E-state index in [0.29, 0.717) is 13.2 Å². The lowest BCUT2D eigenvalue weighted by molar-refractivity contribution is 0.0918. The summed E-state index contributed by atoms with van der Waals surface area (Å²) < 4.78 is 5.16. The van der Waals surface area contributed by atoms with Gasteiger partial charge in [-0.3, -0.25) is 0 Å². The van der Waals surface area contributed by atoms with Gasteiger partial charge in [0.15, 0.2) is 0 Å². The van der Waals surface area contributed by atoms with Gasteiger partial charge in [0, 0.05) is 25.6 Å². The van der Waals surface area contributed by atoms with Crippen molar-refractivity contribution in [3.8, 4) is 0 Å². The highest BCUT2D eigenvalue weighted by molar-refractivity contribution is 6.02. The number of ether oxygens (including phenoxy) is 1. The van der Waals surface area contributed by atoms with Crippen molar-refractivity contribution in [2.24, 2.45) is 10.9 Å². The zero-order valence-electron chi connectivity index (χ0n) is 9.35. The molecule has 0 amide bonds. The van der Waals surface area contributed by atoms with Crippen molar-refractivity contribution in [3.05, 3.63) is 35.4 Å². The van der Waals surface area contributed by atoms with Crippen LogP contribution >= 0.6 is 0 Å². The van der Waals surface area contributed by atoms with Gasteiger partial charge in [0.25, 0.3) is 0 Å². The van der Waals surface area contributed by atoms with Crippen LogP contribution in [0, 0.1) is 0 Å². The summed E-state index contributed by atoms with van der Waals surface area (Å²) in [6.45, 7) is 1.09. The predicted octanol–water partition coefficient (Wildman–Crippen LogP) is 1.28. The maximum Gasteiger partial charge on any atom is 0.145 e. The minimum absolute atomic E-state index is 0.0191. The van der Waals surface area contributed by atoms with E-state index in [-0.39, 0.29) is 6.10 Å². The Kier molecular flexibility index (Phi) is 3.54.